The molecule has 1 aliphatic rings. The van der Waals surface area contributed by atoms with Crippen molar-refractivity contribution in [3.05, 3.63) is 35.9 Å². The highest BCUT2D eigenvalue weighted by molar-refractivity contribution is 5.14. The molecule has 3 nitrogen and oxygen atoms in total. The summed E-state index contributed by atoms with van der Waals surface area (Å²) in [6.07, 6.45) is 1.03. The fraction of sp³-hybridized carbons (Fsp3) is 0.455. The number of hydrogen-bond acceptors (Lipinski definition) is 3. The monoisotopic (exact) mass is 192 g/mol. The van der Waals surface area contributed by atoms with Crippen LogP contribution < -0.4 is 5.48 Å². The molecule has 1 fully saturated rings. The Morgan fingerprint density at radius 2 is 2.14 bits per heavy atom. The number of rotatable bonds is 3. The maximum Gasteiger partial charge on any atom is 0.0459 e. The summed E-state index contributed by atoms with van der Waals surface area (Å²) in [6, 6.07) is 10.7. The minimum atomic E-state index is 0.249. The molecule has 0 bridgehead atoms. The van der Waals surface area contributed by atoms with E-state index < -0.39 is 0 Å². The molecule has 1 saturated heterocycles. The first-order valence-electron chi connectivity index (χ1n) is 5.04. The van der Waals surface area contributed by atoms with Crippen molar-refractivity contribution < 1.29 is 5.21 Å². The van der Waals surface area contributed by atoms with Crippen LogP contribution >= 0.6 is 0 Å². The zero-order chi connectivity index (χ0) is 9.80. The van der Waals surface area contributed by atoms with Crippen LogP contribution in [0, 0.1) is 0 Å². The Morgan fingerprint density at radius 3 is 2.79 bits per heavy atom. The SMILES string of the molecule is ONC1CCN(Cc2ccccc2)C1. The van der Waals surface area contributed by atoms with Crippen LogP contribution in [0.5, 0.6) is 0 Å². The lowest BCUT2D eigenvalue weighted by Crippen LogP contribution is -2.29. The van der Waals surface area contributed by atoms with Gasteiger partial charge in [0.15, 0.2) is 0 Å². The van der Waals surface area contributed by atoms with Gasteiger partial charge in [0.2, 0.25) is 0 Å². The quantitative estimate of drug-likeness (QED) is 0.707. The van der Waals surface area contributed by atoms with Gasteiger partial charge < -0.3 is 5.21 Å². The van der Waals surface area contributed by atoms with Crippen molar-refractivity contribution in [2.45, 2.75) is 19.0 Å². The number of nitrogens with one attached hydrogen (secondary N) is 1. The molecule has 1 unspecified atom stereocenters. The van der Waals surface area contributed by atoms with Crippen LogP contribution in [0.1, 0.15) is 12.0 Å². The van der Waals surface area contributed by atoms with E-state index in [-0.39, 0.29) is 6.04 Å². The fourth-order valence-corrected chi connectivity index (χ4v) is 1.92. The normalized spacial score (nSPS) is 22.8. The highest BCUT2D eigenvalue weighted by atomic mass is 16.5. The van der Waals surface area contributed by atoms with Crippen molar-refractivity contribution in [1.29, 1.82) is 0 Å². The van der Waals surface area contributed by atoms with E-state index >= 15 is 0 Å². The zero-order valence-electron chi connectivity index (χ0n) is 8.19. The van der Waals surface area contributed by atoms with Gasteiger partial charge in [0.05, 0.1) is 0 Å². The summed E-state index contributed by atoms with van der Waals surface area (Å²) in [5.74, 6) is 0. The molecule has 0 amide bonds. The average molecular weight is 192 g/mol. The number of hydroxylamine groups is 1. The summed E-state index contributed by atoms with van der Waals surface area (Å²) >= 11 is 0. The third kappa shape index (κ3) is 2.32. The lowest BCUT2D eigenvalue weighted by atomic mass is 10.2. The minimum Gasteiger partial charge on any atom is -0.316 e. The van der Waals surface area contributed by atoms with Gasteiger partial charge in [-0.05, 0) is 12.0 Å². The molecule has 1 aromatic carbocycles. The van der Waals surface area contributed by atoms with E-state index in [1.165, 1.54) is 5.56 Å². The topological polar surface area (TPSA) is 35.5 Å². The molecule has 1 heterocycles. The van der Waals surface area contributed by atoms with Crippen LogP contribution in [0.3, 0.4) is 0 Å². The van der Waals surface area contributed by atoms with Crippen molar-refractivity contribution in [1.82, 2.24) is 10.4 Å². The molecule has 76 valence electrons. The summed E-state index contributed by atoms with van der Waals surface area (Å²) in [6.45, 7) is 2.98. The van der Waals surface area contributed by atoms with Gasteiger partial charge in [0, 0.05) is 25.7 Å². The van der Waals surface area contributed by atoms with Crippen LogP contribution in [-0.4, -0.2) is 29.2 Å². The molecule has 0 radical (unpaired) electrons. The van der Waals surface area contributed by atoms with Gasteiger partial charge in [-0.25, -0.2) is 5.48 Å². The molecule has 1 atom stereocenters. The van der Waals surface area contributed by atoms with Crippen molar-refractivity contribution >= 4 is 0 Å². The summed E-state index contributed by atoms with van der Waals surface area (Å²) in [5.41, 5.74) is 3.68. The van der Waals surface area contributed by atoms with E-state index in [2.05, 4.69) is 34.6 Å². The van der Waals surface area contributed by atoms with Crippen molar-refractivity contribution in [2.75, 3.05) is 13.1 Å². The molecule has 2 rings (SSSR count). The first-order chi connectivity index (χ1) is 6.88. The second-order valence-electron chi connectivity index (χ2n) is 3.84. The Morgan fingerprint density at radius 1 is 1.36 bits per heavy atom. The third-order valence-electron chi connectivity index (χ3n) is 2.70. The number of hydrogen-bond donors (Lipinski definition) is 2. The Balaban J connectivity index is 1.88. The predicted octanol–water partition coefficient (Wildman–Crippen LogP) is 1.24. The lowest BCUT2D eigenvalue weighted by Gasteiger charge is -2.15. The molecule has 0 aliphatic carbocycles. The molecule has 0 saturated carbocycles. The lowest BCUT2D eigenvalue weighted by molar-refractivity contribution is 0.127. The average Bonchev–Trinajstić information content (AvgIpc) is 2.67. The van der Waals surface area contributed by atoms with Crippen LogP contribution in [-0.2, 0) is 6.54 Å². The van der Waals surface area contributed by atoms with E-state index in [0.29, 0.717) is 0 Å². The molecule has 14 heavy (non-hydrogen) atoms. The highest BCUT2D eigenvalue weighted by Crippen LogP contribution is 2.12. The second kappa shape index (κ2) is 4.55. The van der Waals surface area contributed by atoms with Crippen LogP contribution in [0.2, 0.25) is 0 Å². The Hall–Kier alpha value is -0.900. The van der Waals surface area contributed by atoms with E-state index in [1.54, 1.807) is 0 Å². The van der Waals surface area contributed by atoms with E-state index in [0.717, 1.165) is 26.1 Å². The Kier molecular flexibility index (Phi) is 3.14. The Labute approximate surface area is 84.3 Å². The molecule has 1 aromatic rings. The summed E-state index contributed by atoms with van der Waals surface area (Å²) in [5, 5.41) is 8.77. The predicted molar refractivity (Wildman–Crippen MR) is 55.0 cm³/mol. The summed E-state index contributed by atoms with van der Waals surface area (Å²) in [7, 11) is 0. The van der Waals surface area contributed by atoms with Gasteiger partial charge in [0.25, 0.3) is 0 Å². The van der Waals surface area contributed by atoms with Crippen LogP contribution in [0.15, 0.2) is 30.3 Å². The van der Waals surface area contributed by atoms with Gasteiger partial charge >= 0.3 is 0 Å². The molecule has 0 spiro atoms. The Bertz CT molecular complexity index is 276. The molecule has 1 aliphatic heterocycles. The summed E-state index contributed by atoms with van der Waals surface area (Å²) < 4.78 is 0. The number of nitrogens with zero attached hydrogens (tertiary/aromatic N) is 1. The van der Waals surface area contributed by atoms with Gasteiger partial charge in [-0.15, -0.1) is 0 Å². The number of likely N-dealkylation sites (tertiary alicyclic amines) is 1. The second-order valence-corrected chi connectivity index (χ2v) is 3.84. The molecule has 2 N–H and O–H groups in total. The summed E-state index contributed by atoms with van der Waals surface area (Å²) in [4.78, 5) is 2.35. The molecular weight excluding hydrogens is 176 g/mol. The van der Waals surface area contributed by atoms with E-state index in [1.807, 2.05) is 6.07 Å². The molecule has 0 aromatic heterocycles. The maximum atomic E-state index is 8.77. The highest BCUT2D eigenvalue weighted by Gasteiger charge is 2.21. The number of benzene rings is 1. The van der Waals surface area contributed by atoms with Crippen molar-refractivity contribution in [3.63, 3.8) is 0 Å². The van der Waals surface area contributed by atoms with Gasteiger partial charge in [-0.1, -0.05) is 30.3 Å². The largest absolute Gasteiger partial charge is 0.316 e. The fourth-order valence-electron chi connectivity index (χ4n) is 1.92. The third-order valence-corrected chi connectivity index (χ3v) is 2.70. The zero-order valence-corrected chi connectivity index (χ0v) is 8.19. The van der Waals surface area contributed by atoms with Crippen molar-refractivity contribution in [2.24, 2.45) is 0 Å². The molecular formula is C11H16N2O. The van der Waals surface area contributed by atoms with Crippen LogP contribution in [0.4, 0.5) is 0 Å². The smallest absolute Gasteiger partial charge is 0.0459 e. The van der Waals surface area contributed by atoms with Gasteiger partial charge in [0.1, 0.15) is 0 Å². The van der Waals surface area contributed by atoms with Gasteiger partial charge in [-0.3, -0.25) is 4.90 Å². The first kappa shape index (κ1) is 9.65. The molecule has 3 heteroatoms. The van der Waals surface area contributed by atoms with Crippen LogP contribution in [0.25, 0.3) is 0 Å². The van der Waals surface area contributed by atoms with Gasteiger partial charge in [-0.2, -0.15) is 0 Å². The van der Waals surface area contributed by atoms with E-state index in [9.17, 15) is 0 Å². The standard InChI is InChI=1S/C11H16N2O/c14-12-11-6-7-13(9-11)8-10-4-2-1-3-5-10/h1-5,11-12,14H,6-9H2. The maximum absolute atomic E-state index is 8.77. The van der Waals surface area contributed by atoms with E-state index in [4.69, 9.17) is 5.21 Å². The minimum absolute atomic E-state index is 0.249. The first-order valence-corrected chi connectivity index (χ1v) is 5.04. The van der Waals surface area contributed by atoms with Crippen molar-refractivity contribution in [3.8, 4) is 0 Å².